The van der Waals surface area contributed by atoms with E-state index in [0.29, 0.717) is 5.56 Å². The Bertz CT molecular complexity index is 580. The highest BCUT2D eigenvalue weighted by Gasteiger charge is 2.42. The average molecular weight is 285 g/mol. The molecule has 1 aromatic carbocycles. The first kappa shape index (κ1) is 13.3. The van der Waals surface area contributed by atoms with Crippen LogP contribution in [-0.4, -0.2) is 21.1 Å². The maximum atomic E-state index is 11.2. The fourth-order valence-corrected chi connectivity index (χ4v) is 2.78. The van der Waals surface area contributed by atoms with Crippen LogP contribution in [0.15, 0.2) is 29.6 Å². The van der Waals surface area contributed by atoms with Crippen LogP contribution in [0.5, 0.6) is 0 Å². The lowest BCUT2D eigenvalue weighted by Crippen LogP contribution is -2.38. The van der Waals surface area contributed by atoms with E-state index in [2.05, 4.69) is 0 Å². The number of fused-ring (bicyclic) bond motifs is 1. The van der Waals surface area contributed by atoms with E-state index in [0.717, 1.165) is 10.1 Å². The van der Waals surface area contributed by atoms with Crippen LogP contribution in [0.4, 0.5) is 0 Å². The zero-order valence-corrected chi connectivity index (χ0v) is 11.3. The summed E-state index contributed by atoms with van der Waals surface area (Å²) in [5.41, 5.74) is 0.528. The number of carboxylic acids is 1. The summed E-state index contributed by atoms with van der Waals surface area (Å²) in [6.07, 6.45) is -1.09. The maximum Gasteiger partial charge on any atom is 0.327 e. The number of rotatable bonds is 4. The highest BCUT2D eigenvalue weighted by atomic mass is 35.5. The Morgan fingerprint density at radius 2 is 2.22 bits per heavy atom. The third kappa shape index (κ3) is 2.11. The van der Waals surface area contributed by atoms with E-state index in [9.17, 15) is 9.90 Å². The molecule has 2 rings (SSSR count). The zero-order chi connectivity index (χ0) is 13.3. The molecule has 0 amide bonds. The first-order chi connectivity index (χ1) is 8.49. The smallest absolute Gasteiger partial charge is 0.327 e. The Labute approximate surface area is 114 Å². The number of thiophene rings is 1. The molecule has 2 N–H and O–H groups in total. The van der Waals surface area contributed by atoms with Crippen molar-refractivity contribution in [2.24, 2.45) is 0 Å². The van der Waals surface area contributed by atoms with Gasteiger partial charge in [0.15, 0.2) is 4.87 Å². The van der Waals surface area contributed by atoms with Crippen molar-refractivity contribution < 1.29 is 15.0 Å². The molecule has 2 atom stereocenters. The number of hydrogen-bond donors (Lipinski definition) is 2. The molecular weight excluding hydrogens is 272 g/mol. The molecular formula is C13H13ClO3S. The molecule has 0 saturated heterocycles. The van der Waals surface area contributed by atoms with Crippen molar-refractivity contribution in [1.29, 1.82) is 0 Å². The SMILES string of the molecule is CCC(Cl)(C(=O)O)C(O)c1ccc2sccc2c1. The van der Waals surface area contributed by atoms with Crippen molar-refractivity contribution in [1.82, 2.24) is 0 Å². The van der Waals surface area contributed by atoms with Crippen LogP contribution >= 0.6 is 22.9 Å². The van der Waals surface area contributed by atoms with Crippen molar-refractivity contribution in [2.45, 2.75) is 24.3 Å². The van der Waals surface area contributed by atoms with Crippen molar-refractivity contribution in [2.75, 3.05) is 0 Å². The number of benzene rings is 1. The summed E-state index contributed by atoms with van der Waals surface area (Å²) in [4.78, 5) is 9.51. The number of halogens is 1. The topological polar surface area (TPSA) is 57.5 Å². The number of aliphatic carboxylic acids is 1. The van der Waals surface area contributed by atoms with Gasteiger partial charge in [0.25, 0.3) is 0 Å². The van der Waals surface area contributed by atoms with Gasteiger partial charge in [0.05, 0.1) is 0 Å². The molecule has 96 valence electrons. The molecule has 18 heavy (non-hydrogen) atoms. The maximum absolute atomic E-state index is 11.2. The fraction of sp³-hybridized carbons (Fsp3) is 0.308. The lowest BCUT2D eigenvalue weighted by atomic mass is 9.92. The Balaban J connectivity index is 2.43. The minimum Gasteiger partial charge on any atom is -0.480 e. The van der Waals surface area contributed by atoms with Gasteiger partial charge in [-0.25, -0.2) is 0 Å². The van der Waals surface area contributed by atoms with E-state index in [1.54, 1.807) is 30.4 Å². The summed E-state index contributed by atoms with van der Waals surface area (Å²) in [6.45, 7) is 1.65. The monoisotopic (exact) mass is 284 g/mol. The molecule has 0 aliphatic carbocycles. The first-order valence-electron chi connectivity index (χ1n) is 5.56. The fourth-order valence-electron chi connectivity index (χ4n) is 1.88. The predicted octanol–water partition coefficient (Wildman–Crippen LogP) is 3.41. The van der Waals surface area contributed by atoms with E-state index in [4.69, 9.17) is 16.7 Å². The molecule has 0 saturated carbocycles. The molecule has 2 aromatic rings. The minimum absolute atomic E-state index is 0.146. The molecule has 0 bridgehead atoms. The summed E-state index contributed by atoms with van der Waals surface area (Å²) >= 11 is 7.62. The van der Waals surface area contributed by atoms with E-state index < -0.39 is 16.9 Å². The second kappa shape index (κ2) is 4.88. The van der Waals surface area contributed by atoms with Gasteiger partial charge < -0.3 is 10.2 Å². The third-order valence-electron chi connectivity index (χ3n) is 3.10. The van der Waals surface area contributed by atoms with Crippen molar-refractivity contribution >= 4 is 39.0 Å². The molecule has 3 nitrogen and oxygen atoms in total. The molecule has 1 heterocycles. The quantitative estimate of drug-likeness (QED) is 0.846. The van der Waals surface area contributed by atoms with Gasteiger partial charge in [-0.1, -0.05) is 13.0 Å². The molecule has 0 aliphatic rings. The largest absolute Gasteiger partial charge is 0.480 e. The highest BCUT2D eigenvalue weighted by molar-refractivity contribution is 7.17. The lowest BCUT2D eigenvalue weighted by Gasteiger charge is -2.26. The lowest BCUT2D eigenvalue weighted by molar-refractivity contribution is -0.143. The van der Waals surface area contributed by atoms with E-state index >= 15 is 0 Å². The Kier molecular flexibility index (Phi) is 3.61. The molecule has 0 aliphatic heterocycles. The number of aliphatic hydroxyl groups is 1. The average Bonchev–Trinajstić information content (AvgIpc) is 2.83. The predicted molar refractivity (Wildman–Crippen MR) is 73.3 cm³/mol. The Morgan fingerprint density at radius 1 is 1.50 bits per heavy atom. The van der Waals surface area contributed by atoms with Gasteiger partial charge in [-0.15, -0.1) is 22.9 Å². The van der Waals surface area contributed by atoms with Crippen LogP contribution in [0.2, 0.25) is 0 Å². The van der Waals surface area contributed by atoms with Gasteiger partial charge in [-0.05, 0) is 40.9 Å². The summed E-state index contributed by atoms with van der Waals surface area (Å²) in [7, 11) is 0. The van der Waals surface area contributed by atoms with Crippen LogP contribution in [0, 0.1) is 0 Å². The number of hydrogen-bond acceptors (Lipinski definition) is 3. The number of carbonyl (C=O) groups is 1. The summed E-state index contributed by atoms with van der Waals surface area (Å²) in [6, 6.07) is 7.30. The summed E-state index contributed by atoms with van der Waals surface area (Å²) in [5, 5.41) is 22.3. The van der Waals surface area contributed by atoms with Crippen molar-refractivity contribution in [3.05, 3.63) is 35.2 Å². The van der Waals surface area contributed by atoms with Gasteiger partial charge >= 0.3 is 5.97 Å². The number of aliphatic hydroxyl groups excluding tert-OH is 1. The van der Waals surface area contributed by atoms with E-state index in [-0.39, 0.29) is 6.42 Å². The van der Waals surface area contributed by atoms with Crippen LogP contribution in [0.1, 0.15) is 25.0 Å². The minimum atomic E-state index is -1.68. The molecule has 0 spiro atoms. The van der Waals surface area contributed by atoms with Crippen LogP contribution in [-0.2, 0) is 4.79 Å². The standard InChI is InChI=1S/C13H13ClO3S/c1-2-13(14,12(16)17)11(15)9-3-4-10-8(7-9)5-6-18-10/h3-7,11,15H,2H2,1H3,(H,16,17). The van der Waals surface area contributed by atoms with Crippen molar-refractivity contribution in [3.8, 4) is 0 Å². The molecule has 5 heteroatoms. The second-order valence-corrected chi connectivity index (χ2v) is 5.76. The molecule has 2 unspecified atom stereocenters. The zero-order valence-electron chi connectivity index (χ0n) is 9.76. The summed E-state index contributed by atoms with van der Waals surface area (Å²) < 4.78 is 1.10. The van der Waals surface area contributed by atoms with E-state index in [1.165, 1.54) is 0 Å². The van der Waals surface area contributed by atoms with Crippen LogP contribution in [0.25, 0.3) is 10.1 Å². The van der Waals surface area contributed by atoms with Crippen LogP contribution < -0.4 is 0 Å². The van der Waals surface area contributed by atoms with Crippen molar-refractivity contribution in [3.63, 3.8) is 0 Å². The number of alkyl halides is 1. The highest BCUT2D eigenvalue weighted by Crippen LogP contribution is 2.36. The molecule has 0 fully saturated rings. The van der Waals surface area contributed by atoms with Crippen LogP contribution in [0.3, 0.4) is 0 Å². The van der Waals surface area contributed by atoms with E-state index in [1.807, 2.05) is 17.5 Å². The van der Waals surface area contributed by atoms with Gasteiger partial charge in [-0.2, -0.15) is 0 Å². The molecule has 0 radical (unpaired) electrons. The second-order valence-electron chi connectivity index (χ2n) is 4.14. The first-order valence-corrected chi connectivity index (χ1v) is 6.82. The third-order valence-corrected chi connectivity index (χ3v) is 4.63. The van der Waals surface area contributed by atoms with Gasteiger partial charge in [-0.3, -0.25) is 4.79 Å². The van der Waals surface area contributed by atoms with Gasteiger partial charge in [0, 0.05) is 4.70 Å². The normalized spacial score (nSPS) is 16.4. The Morgan fingerprint density at radius 3 is 2.83 bits per heavy atom. The number of carboxylic acid groups (broad SMARTS) is 1. The molecule has 1 aromatic heterocycles. The Hall–Kier alpha value is -1.10. The van der Waals surface area contributed by atoms with Gasteiger partial charge in [0.2, 0.25) is 0 Å². The summed E-state index contributed by atoms with van der Waals surface area (Å²) in [5.74, 6) is -1.20. The van der Waals surface area contributed by atoms with Gasteiger partial charge in [0.1, 0.15) is 6.10 Å².